The Morgan fingerprint density at radius 1 is 1.42 bits per heavy atom. The summed E-state index contributed by atoms with van der Waals surface area (Å²) >= 11 is 0. The van der Waals surface area contributed by atoms with Crippen molar-refractivity contribution in [3.05, 3.63) is 11.6 Å². The molecule has 1 rings (SSSR count). The summed E-state index contributed by atoms with van der Waals surface area (Å²) in [5.74, 6) is 0.406. The molecule has 0 bridgehead atoms. The van der Waals surface area contributed by atoms with E-state index in [1.807, 2.05) is 6.92 Å². The standard InChI is InChI=1S/C10H16O2/c1-8(7-10(11)12-2)9-5-3-4-6-9/h7,9H,3-6H2,1-2H3. The van der Waals surface area contributed by atoms with Crippen LogP contribution in [-0.2, 0) is 9.53 Å². The molecule has 1 fully saturated rings. The monoisotopic (exact) mass is 168 g/mol. The van der Waals surface area contributed by atoms with Crippen LogP contribution in [0.5, 0.6) is 0 Å². The zero-order chi connectivity index (χ0) is 8.97. The maximum atomic E-state index is 10.9. The molecule has 1 saturated carbocycles. The number of rotatable bonds is 2. The third-order valence-electron chi connectivity index (χ3n) is 2.55. The Balaban J connectivity index is 2.49. The van der Waals surface area contributed by atoms with Gasteiger partial charge in [0.25, 0.3) is 0 Å². The lowest BCUT2D eigenvalue weighted by Gasteiger charge is -2.07. The van der Waals surface area contributed by atoms with Gasteiger partial charge in [-0.25, -0.2) is 4.79 Å². The third-order valence-corrected chi connectivity index (χ3v) is 2.55. The number of allylic oxidation sites excluding steroid dienone is 1. The lowest BCUT2D eigenvalue weighted by Crippen LogP contribution is -2.01. The van der Waals surface area contributed by atoms with E-state index in [9.17, 15) is 4.79 Å². The summed E-state index contributed by atoms with van der Waals surface area (Å²) in [5.41, 5.74) is 1.18. The molecule has 0 atom stereocenters. The van der Waals surface area contributed by atoms with Crippen LogP contribution in [0.25, 0.3) is 0 Å². The molecule has 1 aliphatic carbocycles. The second-order valence-electron chi connectivity index (χ2n) is 3.39. The van der Waals surface area contributed by atoms with Crippen molar-refractivity contribution < 1.29 is 9.53 Å². The van der Waals surface area contributed by atoms with Gasteiger partial charge in [0.2, 0.25) is 0 Å². The summed E-state index contributed by atoms with van der Waals surface area (Å²) in [5, 5.41) is 0. The number of methoxy groups -OCH3 is 1. The second kappa shape index (κ2) is 4.29. The lowest BCUT2D eigenvalue weighted by molar-refractivity contribution is -0.134. The summed E-state index contributed by atoms with van der Waals surface area (Å²) in [6.45, 7) is 2.02. The molecule has 2 nitrogen and oxygen atoms in total. The molecule has 0 aromatic rings. The first-order valence-electron chi connectivity index (χ1n) is 4.50. The highest BCUT2D eigenvalue weighted by Gasteiger charge is 2.16. The van der Waals surface area contributed by atoms with Crippen molar-refractivity contribution >= 4 is 5.97 Å². The van der Waals surface area contributed by atoms with Crippen LogP contribution in [-0.4, -0.2) is 13.1 Å². The van der Waals surface area contributed by atoms with Gasteiger partial charge in [-0.3, -0.25) is 0 Å². The van der Waals surface area contributed by atoms with Gasteiger partial charge in [-0.15, -0.1) is 0 Å². The van der Waals surface area contributed by atoms with Crippen LogP contribution < -0.4 is 0 Å². The average Bonchev–Trinajstić information content (AvgIpc) is 2.56. The third kappa shape index (κ3) is 2.36. The van der Waals surface area contributed by atoms with Gasteiger partial charge in [-0.05, 0) is 25.7 Å². The number of ether oxygens (including phenoxy) is 1. The lowest BCUT2D eigenvalue weighted by atomic mass is 9.99. The zero-order valence-electron chi connectivity index (χ0n) is 7.80. The topological polar surface area (TPSA) is 26.3 Å². The van der Waals surface area contributed by atoms with Crippen molar-refractivity contribution in [2.24, 2.45) is 5.92 Å². The minimum absolute atomic E-state index is 0.223. The summed E-state index contributed by atoms with van der Waals surface area (Å²) in [4.78, 5) is 10.9. The molecule has 0 heterocycles. The van der Waals surface area contributed by atoms with Crippen LogP contribution in [0.1, 0.15) is 32.6 Å². The van der Waals surface area contributed by atoms with Crippen LogP contribution in [0.2, 0.25) is 0 Å². The van der Waals surface area contributed by atoms with E-state index in [1.165, 1.54) is 38.4 Å². The number of hydrogen-bond donors (Lipinski definition) is 0. The molecule has 0 aromatic heterocycles. The number of carbonyl (C=O) groups excluding carboxylic acids is 1. The highest BCUT2D eigenvalue weighted by Crippen LogP contribution is 2.30. The van der Waals surface area contributed by atoms with Crippen molar-refractivity contribution in [2.75, 3.05) is 7.11 Å². The molecule has 0 spiro atoms. The maximum Gasteiger partial charge on any atom is 0.330 e. The Hall–Kier alpha value is -0.790. The first-order valence-corrected chi connectivity index (χ1v) is 4.50. The van der Waals surface area contributed by atoms with Crippen molar-refractivity contribution in [3.63, 3.8) is 0 Å². The van der Waals surface area contributed by atoms with Gasteiger partial charge in [0.1, 0.15) is 0 Å². The molecule has 2 heteroatoms. The summed E-state index contributed by atoms with van der Waals surface area (Å²) < 4.78 is 4.57. The molecule has 0 amide bonds. The normalized spacial score (nSPS) is 19.7. The van der Waals surface area contributed by atoms with Gasteiger partial charge in [0.15, 0.2) is 0 Å². The van der Waals surface area contributed by atoms with Crippen LogP contribution in [0.3, 0.4) is 0 Å². The molecule has 1 aliphatic rings. The smallest absolute Gasteiger partial charge is 0.330 e. The van der Waals surface area contributed by atoms with Gasteiger partial charge in [0.05, 0.1) is 7.11 Å². The number of esters is 1. The van der Waals surface area contributed by atoms with Crippen LogP contribution in [0.15, 0.2) is 11.6 Å². The minimum Gasteiger partial charge on any atom is -0.466 e. The predicted octanol–water partition coefficient (Wildman–Crippen LogP) is 2.30. The van der Waals surface area contributed by atoms with Crippen molar-refractivity contribution in [1.29, 1.82) is 0 Å². The van der Waals surface area contributed by atoms with Gasteiger partial charge in [-0.1, -0.05) is 18.4 Å². The Labute approximate surface area is 73.6 Å². The average molecular weight is 168 g/mol. The Bertz CT molecular complexity index is 188. The first kappa shape index (κ1) is 9.30. The number of carbonyl (C=O) groups is 1. The van der Waals surface area contributed by atoms with Crippen LogP contribution in [0.4, 0.5) is 0 Å². The van der Waals surface area contributed by atoms with E-state index in [-0.39, 0.29) is 5.97 Å². The fourth-order valence-electron chi connectivity index (χ4n) is 1.74. The predicted molar refractivity (Wildman–Crippen MR) is 47.7 cm³/mol. The summed E-state index contributed by atoms with van der Waals surface area (Å²) in [6, 6.07) is 0. The first-order chi connectivity index (χ1) is 5.74. The van der Waals surface area contributed by atoms with E-state index in [1.54, 1.807) is 6.08 Å². The SMILES string of the molecule is COC(=O)C=C(C)C1CCCC1. The summed E-state index contributed by atoms with van der Waals surface area (Å²) in [6.07, 6.45) is 6.70. The fourth-order valence-corrected chi connectivity index (χ4v) is 1.74. The van der Waals surface area contributed by atoms with E-state index >= 15 is 0 Å². The van der Waals surface area contributed by atoms with E-state index in [0.717, 1.165) is 0 Å². The second-order valence-corrected chi connectivity index (χ2v) is 3.39. The molecule has 0 N–H and O–H groups in total. The van der Waals surface area contributed by atoms with Gasteiger partial charge < -0.3 is 4.74 Å². The van der Waals surface area contributed by atoms with Gasteiger partial charge >= 0.3 is 5.97 Å². The van der Waals surface area contributed by atoms with Crippen molar-refractivity contribution in [1.82, 2.24) is 0 Å². The van der Waals surface area contributed by atoms with Gasteiger partial charge in [-0.2, -0.15) is 0 Å². The largest absolute Gasteiger partial charge is 0.466 e. The zero-order valence-corrected chi connectivity index (χ0v) is 7.80. The van der Waals surface area contributed by atoms with Crippen molar-refractivity contribution in [3.8, 4) is 0 Å². The Kier molecular flexibility index (Phi) is 3.32. The fraction of sp³-hybridized carbons (Fsp3) is 0.700. The van der Waals surface area contributed by atoms with Crippen LogP contribution >= 0.6 is 0 Å². The molecule has 0 saturated heterocycles. The molecule has 0 unspecified atom stereocenters. The maximum absolute atomic E-state index is 10.9. The van der Waals surface area contributed by atoms with Crippen molar-refractivity contribution in [2.45, 2.75) is 32.6 Å². The minimum atomic E-state index is -0.223. The Morgan fingerprint density at radius 2 is 2.00 bits per heavy atom. The molecule has 12 heavy (non-hydrogen) atoms. The number of hydrogen-bond acceptors (Lipinski definition) is 2. The van der Waals surface area contributed by atoms with E-state index in [2.05, 4.69) is 4.74 Å². The highest BCUT2D eigenvalue weighted by atomic mass is 16.5. The summed E-state index contributed by atoms with van der Waals surface area (Å²) in [7, 11) is 1.42. The molecule has 0 radical (unpaired) electrons. The Morgan fingerprint density at radius 3 is 2.50 bits per heavy atom. The highest BCUT2D eigenvalue weighted by molar-refractivity contribution is 5.82. The van der Waals surface area contributed by atoms with E-state index in [0.29, 0.717) is 5.92 Å². The quantitative estimate of drug-likeness (QED) is 0.467. The molecular formula is C10H16O2. The molecule has 0 aliphatic heterocycles. The van der Waals surface area contributed by atoms with E-state index in [4.69, 9.17) is 0 Å². The van der Waals surface area contributed by atoms with Crippen LogP contribution in [0, 0.1) is 5.92 Å². The van der Waals surface area contributed by atoms with Gasteiger partial charge in [0, 0.05) is 6.08 Å². The van der Waals surface area contributed by atoms with E-state index < -0.39 is 0 Å². The molecule has 0 aromatic carbocycles. The molecule has 68 valence electrons. The molecular weight excluding hydrogens is 152 g/mol.